The summed E-state index contributed by atoms with van der Waals surface area (Å²) < 4.78 is 121. The lowest BCUT2D eigenvalue weighted by molar-refractivity contribution is -0.292. The number of aryl methyl sites for hydroxylation is 1. The Bertz CT molecular complexity index is 1280. The molecule has 0 aliphatic carbocycles. The second-order valence-corrected chi connectivity index (χ2v) is 7.08. The molecule has 0 saturated carbocycles. The lowest BCUT2D eigenvalue weighted by atomic mass is 10.1. The van der Waals surface area contributed by atoms with E-state index in [0.29, 0.717) is 7.05 Å². The minimum atomic E-state index is -6.42. The Balaban J connectivity index is 2.10. The molecule has 0 aliphatic rings. The first kappa shape index (κ1) is 26.5. The van der Waals surface area contributed by atoms with Crippen molar-refractivity contribution in [1.29, 1.82) is 0 Å². The molecule has 0 unspecified atom stereocenters. The second-order valence-electron chi connectivity index (χ2n) is 7.08. The molecule has 0 atom stereocenters. The van der Waals surface area contributed by atoms with Crippen molar-refractivity contribution in [2.45, 2.75) is 18.3 Å². The third-order valence-corrected chi connectivity index (χ3v) is 4.64. The number of halogens is 9. The van der Waals surface area contributed by atoms with Gasteiger partial charge in [-0.3, -0.25) is 24.2 Å². The molecule has 2 aromatic heterocycles. The molecular weight excluding hydrogens is 513 g/mol. The molecule has 3 aromatic rings. The lowest BCUT2D eigenvalue weighted by Crippen LogP contribution is -2.36. The number of carbonyl (C=O) groups is 2. The van der Waals surface area contributed by atoms with Crippen LogP contribution in [0.5, 0.6) is 0 Å². The van der Waals surface area contributed by atoms with E-state index in [0.717, 1.165) is 30.5 Å². The number of aromatic nitrogens is 3. The van der Waals surface area contributed by atoms with Crippen molar-refractivity contribution in [2.75, 3.05) is 10.2 Å². The topological polar surface area (TPSA) is 80.1 Å². The van der Waals surface area contributed by atoms with Gasteiger partial charge < -0.3 is 5.32 Å². The van der Waals surface area contributed by atoms with Gasteiger partial charge in [0.2, 0.25) is 6.41 Å². The summed E-state index contributed by atoms with van der Waals surface area (Å²) in [6.45, 7) is 0. The summed E-state index contributed by atoms with van der Waals surface area (Å²) in [7, 11) is 0.625. The van der Waals surface area contributed by atoms with Gasteiger partial charge in [0.25, 0.3) is 5.91 Å². The number of hydrogen-bond acceptors (Lipinski definition) is 4. The zero-order chi connectivity index (χ0) is 27.1. The van der Waals surface area contributed by atoms with Crippen LogP contribution in [-0.4, -0.2) is 33.3 Å². The van der Waals surface area contributed by atoms with Crippen LogP contribution in [0.25, 0.3) is 0 Å². The van der Waals surface area contributed by atoms with Gasteiger partial charge in [-0.1, -0.05) is 0 Å². The highest BCUT2D eigenvalue weighted by Crippen LogP contribution is 2.50. The van der Waals surface area contributed by atoms with Crippen LogP contribution in [-0.2, 0) is 23.9 Å². The van der Waals surface area contributed by atoms with Crippen LogP contribution in [0.2, 0.25) is 0 Å². The minimum Gasteiger partial charge on any atom is -0.321 e. The molecule has 3 rings (SSSR count). The normalized spacial score (nSPS) is 12.4. The van der Waals surface area contributed by atoms with E-state index in [2.05, 4.69) is 15.4 Å². The molecule has 0 spiro atoms. The molecule has 1 N–H and O–H groups in total. The Hall–Kier alpha value is -4.11. The zero-order valence-corrected chi connectivity index (χ0v) is 17.6. The molecule has 0 aliphatic heterocycles. The number of carbonyl (C=O) groups excluding carboxylic acids is 2. The highest BCUT2D eigenvalue weighted by atomic mass is 19.4. The van der Waals surface area contributed by atoms with Gasteiger partial charge in [-0.05, 0) is 36.4 Å². The molecule has 2 amide bonds. The van der Waals surface area contributed by atoms with Crippen molar-refractivity contribution in [1.82, 2.24) is 14.8 Å². The van der Waals surface area contributed by atoms with Gasteiger partial charge >= 0.3 is 18.3 Å². The largest absolute Gasteiger partial charge is 0.459 e. The number of anilines is 3. The smallest absolute Gasteiger partial charge is 0.321 e. The predicted molar refractivity (Wildman–Crippen MR) is 105 cm³/mol. The first-order valence-corrected chi connectivity index (χ1v) is 9.44. The number of nitrogens with one attached hydrogen (secondary N) is 1. The van der Waals surface area contributed by atoms with Gasteiger partial charge in [-0.15, -0.1) is 0 Å². The maximum atomic E-state index is 13.9. The SMILES string of the molecule is Cn1nc(C(F)(F)C(F)(F)F)c(C(F)(F)F)c1N(C=O)c1ccnc(C(=O)Nc2ccc(F)cc2)c1. The monoisotopic (exact) mass is 525 g/mol. The highest BCUT2D eigenvalue weighted by Gasteiger charge is 2.64. The number of nitrogens with zero attached hydrogens (tertiary/aromatic N) is 4. The molecule has 0 bridgehead atoms. The zero-order valence-electron chi connectivity index (χ0n) is 17.6. The average molecular weight is 525 g/mol. The Morgan fingerprint density at radius 3 is 2.17 bits per heavy atom. The van der Waals surface area contributed by atoms with Crippen molar-refractivity contribution in [3.63, 3.8) is 0 Å². The molecule has 2 heterocycles. The molecule has 1 aromatic carbocycles. The number of amides is 2. The van der Waals surface area contributed by atoms with E-state index in [1.807, 2.05) is 0 Å². The fourth-order valence-electron chi connectivity index (χ4n) is 3.06. The highest BCUT2D eigenvalue weighted by molar-refractivity contribution is 6.04. The summed E-state index contributed by atoms with van der Waals surface area (Å²) in [6, 6.07) is 6.08. The van der Waals surface area contributed by atoms with E-state index in [1.54, 1.807) is 0 Å². The van der Waals surface area contributed by atoms with Crippen LogP contribution in [0, 0.1) is 5.82 Å². The predicted octanol–water partition coefficient (Wildman–Crippen LogP) is 5.17. The van der Waals surface area contributed by atoms with Crippen LogP contribution >= 0.6 is 0 Å². The van der Waals surface area contributed by atoms with Gasteiger partial charge in [0.05, 0.1) is 5.69 Å². The molecule has 0 saturated heterocycles. The second kappa shape index (κ2) is 9.16. The van der Waals surface area contributed by atoms with E-state index in [4.69, 9.17) is 0 Å². The third kappa shape index (κ3) is 4.96. The fourth-order valence-corrected chi connectivity index (χ4v) is 3.06. The number of pyridine rings is 1. The number of benzene rings is 1. The lowest BCUT2D eigenvalue weighted by Gasteiger charge is -2.22. The van der Waals surface area contributed by atoms with E-state index in [-0.39, 0.29) is 21.7 Å². The first-order chi connectivity index (χ1) is 16.6. The van der Waals surface area contributed by atoms with E-state index < -0.39 is 58.5 Å². The van der Waals surface area contributed by atoms with Crippen LogP contribution < -0.4 is 10.2 Å². The summed E-state index contributed by atoms with van der Waals surface area (Å²) in [5.41, 5.74) is -6.09. The minimum absolute atomic E-state index is 0.0326. The number of rotatable bonds is 6. The molecule has 192 valence electrons. The Morgan fingerprint density at radius 2 is 1.64 bits per heavy atom. The van der Waals surface area contributed by atoms with Crippen LogP contribution in [0.3, 0.4) is 0 Å². The van der Waals surface area contributed by atoms with Crippen LogP contribution in [0.1, 0.15) is 21.7 Å². The molecule has 36 heavy (non-hydrogen) atoms. The van der Waals surface area contributed by atoms with Crippen LogP contribution in [0.15, 0.2) is 42.6 Å². The van der Waals surface area contributed by atoms with Gasteiger partial charge in [-0.2, -0.15) is 40.2 Å². The fraction of sp³-hybridized carbons (Fsp3) is 0.200. The first-order valence-electron chi connectivity index (χ1n) is 9.44. The summed E-state index contributed by atoms with van der Waals surface area (Å²) in [4.78, 5) is 28.0. The Morgan fingerprint density at radius 1 is 1.03 bits per heavy atom. The average Bonchev–Trinajstić information content (AvgIpc) is 3.13. The standard InChI is InChI=1S/C20H12F9N5O2/c1-33-17(14(19(24,25)26)15(32-33)18(22,23)20(27,28)29)34(9-35)12-6-7-30-13(8-12)16(36)31-11-4-2-10(21)3-5-11/h2-9H,1H3,(H,31,36). The third-order valence-electron chi connectivity index (χ3n) is 4.64. The summed E-state index contributed by atoms with van der Waals surface area (Å²) in [5, 5.41) is 5.03. The van der Waals surface area contributed by atoms with Crippen LogP contribution in [0.4, 0.5) is 56.7 Å². The summed E-state index contributed by atoms with van der Waals surface area (Å²) in [6.07, 6.45) is -11.6. The van der Waals surface area contributed by atoms with Crippen molar-refractivity contribution in [3.8, 4) is 0 Å². The maximum Gasteiger partial charge on any atom is 0.459 e. The summed E-state index contributed by atoms with van der Waals surface area (Å²) in [5.74, 6) is -9.05. The molecule has 7 nitrogen and oxygen atoms in total. The summed E-state index contributed by atoms with van der Waals surface area (Å²) >= 11 is 0. The van der Waals surface area contributed by atoms with Crippen molar-refractivity contribution < 1.29 is 49.1 Å². The van der Waals surface area contributed by atoms with E-state index in [1.165, 1.54) is 12.1 Å². The van der Waals surface area contributed by atoms with Crippen molar-refractivity contribution in [2.24, 2.45) is 7.05 Å². The molecule has 0 radical (unpaired) electrons. The van der Waals surface area contributed by atoms with E-state index >= 15 is 0 Å². The number of alkyl halides is 8. The van der Waals surface area contributed by atoms with Gasteiger partial charge in [0, 0.05) is 18.9 Å². The Labute approximate surface area is 195 Å². The Kier molecular flexibility index (Phi) is 6.74. The molecule has 0 fully saturated rings. The van der Waals surface area contributed by atoms with Gasteiger partial charge in [0.15, 0.2) is 11.5 Å². The van der Waals surface area contributed by atoms with E-state index in [9.17, 15) is 49.1 Å². The molecule has 16 heteroatoms. The van der Waals surface area contributed by atoms with Crippen molar-refractivity contribution in [3.05, 3.63) is 65.4 Å². The van der Waals surface area contributed by atoms with Gasteiger partial charge in [0.1, 0.15) is 17.1 Å². The van der Waals surface area contributed by atoms with Gasteiger partial charge in [-0.25, -0.2) is 4.39 Å². The quantitative estimate of drug-likeness (QED) is 0.356. The molecular formula is C20H12F9N5O2. The number of hydrogen-bond donors (Lipinski definition) is 1. The van der Waals surface area contributed by atoms with Crippen molar-refractivity contribution >= 4 is 29.5 Å². The maximum absolute atomic E-state index is 13.9.